The fourth-order valence-electron chi connectivity index (χ4n) is 5.51. The molecule has 3 aromatic rings. The van der Waals surface area contributed by atoms with Crippen LogP contribution in [0.25, 0.3) is 0 Å². The normalized spacial score (nSPS) is 22.2. The summed E-state index contributed by atoms with van der Waals surface area (Å²) >= 11 is 0. The third-order valence-corrected chi connectivity index (χ3v) is 6.72. The second-order valence-electron chi connectivity index (χ2n) is 8.16. The molecule has 8 heteroatoms. The Morgan fingerprint density at radius 2 is 1.52 bits per heavy atom. The van der Waals surface area contributed by atoms with Gasteiger partial charge in [-0.2, -0.15) is 0 Å². The van der Waals surface area contributed by atoms with Crippen molar-refractivity contribution in [3.63, 3.8) is 0 Å². The summed E-state index contributed by atoms with van der Waals surface area (Å²) in [6, 6.07) is 19.1. The molecule has 0 unspecified atom stereocenters. The largest absolute Gasteiger partial charge is 0.478 e. The van der Waals surface area contributed by atoms with Gasteiger partial charge in [0.25, 0.3) is 11.8 Å². The smallest absolute Gasteiger partial charge is 0.335 e. The average molecular weight is 438 g/mol. The van der Waals surface area contributed by atoms with Gasteiger partial charge in [-0.05, 0) is 29.3 Å². The number of hydrogen-bond donors (Lipinski definition) is 1. The summed E-state index contributed by atoms with van der Waals surface area (Å²) in [5, 5.41) is 22.2. The van der Waals surface area contributed by atoms with Crippen LogP contribution < -0.4 is 4.90 Å². The van der Waals surface area contributed by atoms with Crippen molar-refractivity contribution in [1.29, 1.82) is 0 Å². The highest BCUT2D eigenvalue weighted by Crippen LogP contribution is 2.61. The molecule has 1 aliphatic heterocycles. The number of carboxylic acids is 1. The molecule has 0 spiro atoms. The number of anilines is 1. The van der Waals surface area contributed by atoms with Gasteiger partial charge in [-0.1, -0.05) is 54.6 Å². The molecule has 0 saturated carbocycles. The lowest BCUT2D eigenvalue weighted by Crippen LogP contribution is -2.49. The molecular weight excluding hydrogens is 424 g/mol. The van der Waals surface area contributed by atoms with E-state index in [-0.39, 0.29) is 22.4 Å². The Bertz CT molecular complexity index is 1440. The van der Waals surface area contributed by atoms with Crippen molar-refractivity contribution in [2.24, 2.45) is 0 Å². The Hall–Kier alpha value is -4.59. The van der Waals surface area contributed by atoms with E-state index >= 15 is 0 Å². The first kappa shape index (κ1) is 19.1. The van der Waals surface area contributed by atoms with Crippen LogP contribution >= 0.6 is 0 Å². The van der Waals surface area contributed by atoms with E-state index < -0.39 is 34.2 Å². The lowest BCUT2D eigenvalue weighted by atomic mass is 9.57. The highest BCUT2D eigenvalue weighted by molar-refractivity contribution is 6.35. The first-order valence-corrected chi connectivity index (χ1v) is 10.2. The van der Waals surface area contributed by atoms with Gasteiger partial charge >= 0.3 is 11.5 Å². The van der Waals surface area contributed by atoms with Crippen LogP contribution in [0.2, 0.25) is 0 Å². The van der Waals surface area contributed by atoms with Crippen LogP contribution in [-0.2, 0) is 15.1 Å². The molecule has 0 fully saturated rings. The Kier molecular flexibility index (Phi) is 3.61. The number of nitrogens with zero attached hydrogens (tertiary/aromatic N) is 2. The minimum atomic E-state index is -2.02. The first-order chi connectivity index (χ1) is 15.9. The Labute approximate surface area is 186 Å². The number of benzene rings is 3. The lowest BCUT2D eigenvalue weighted by Gasteiger charge is -2.42. The van der Waals surface area contributed by atoms with Gasteiger partial charge < -0.3 is 5.11 Å². The summed E-state index contributed by atoms with van der Waals surface area (Å²) in [4.78, 5) is 52.1. The zero-order chi connectivity index (χ0) is 23.1. The van der Waals surface area contributed by atoms with E-state index in [9.17, 15) is 29.6 Å². The highest BCUT2D eigenvalue weighted by atomic mass is 16.6. The van der Waals surface area contributed by atoms with E-state index in [4.69, 9.17) is 0 Å². The van der Waals surface area contributed by atoms with Gasteiger partial charge in [-0.3, -0.25) is 19.7 Å². The summed E-state index contributed by atoms with van der Waals surface area (Å²) in [5.74, 6) is -3.31. The molecule has 2 amide bonds. The number of carboxylic acid groups (broad SMARTS) is 1. The van der Waals surface area contributed by atoms with Crippen LogP contribution in [0.3, 0.4) is 0 Å². The molecule has 7 rings (SSSR count). The maximum absolute atomic E-state index is 13.7. The summed E-state index contributed by atoms with van der Waals surface area (Å²) in [7, 11) is 0. The monoisotopic (exact) mass is 438 g/mol. The van der Waals surface area contributed by atoms with Crippen molar-refractivity contribution in [1.82, 2.24) is 0 Å². The number of hydrogen-bond acceptors (Lipinski definition) is 5. The third-order valence-electron chi connectivity index (χ3n) is 6.72. The molecule has 3 aliphatic carbocycles. The molecular formula is C25H14N2O6. The molecule has 0 atom stereocenters. The Morgan fingerprint density at radius 1 is 0.909 bits per heavy atom. The van der Waals surface area contributed by atoms with Gasteiger partial charge in [0.2, 0.25) is 0 Å². The highest BCUT2D eigenvalue weighted by Gasteiger charge is 2.68. The second-order valence-corrected chi connectivity index (χ2v) is 8.16. The molecule has 1 N–H and O–H groups in total. The molecule has 0 saturated heterocycles. The maximum Gasteiger partial charge on any atom is 0.335 e. The molecule has 0 radical (unpaired) electrons. The second kappa shape index (κ2) is 6.23. The van der Waals surface area contributed by atoms with Crippen LogP contribution in [0.15, 0.2) is 83.9 Å². The van der Waals surface area contributed by atoms with Gasteiger partial charge in [0.15, 0.2) is 0 Å². The average Bonchev–Trinajstić information content (AvgIpc) is 3.09. The van der Waals surface area contributed by atoms with Crippen LogP contribution in [0.4, 0.5) is 5.69 Å². The lowest BCUT2D eigenvalue weighted by molar-refractivity contribution is -0.554. The third kappa shape index (κ3) is 2.12. The van der Waals surface area contributed by atoms with Crippen molar-refractivity contribution < 1.29 is 24.4 Å². The van der Waals surface area contributed by atoms with Crippen LogP contribution in [0, 0.1) is 10.1 Å². The summed E-state index contributed by atoms with van der Waals surface area (Å²) in [6.07, 6.45) is 0. The minimum absolute atomic E-state index is 0.0605. The number of aromatic carboxylic acids is 1. The quantitative estimate of drug-likeness (QED) is 0.381. The molecule has 4 aliphatic rings. The van der Waals surface area contributed by atoms with E-state index in [1.165, 1.54) is 24.3 Å². The number of carbonyl (C=O) groups excluding carboxylic acids is 2. The van der Waals surface area contributed by atoms with E-state index in [1.807, 2.05) is 0 Å². The number of imide groups is 1. The fraction of sp³-hybridized carbons (Fsp3) is 0.0800. The van der Waals surface area contributed by atoms with E-state index in [0.717, 1.165) is 4.90 Å². The predicted molar refractivity (Wildman–Crippen MR) is 115 cm³/mol. The number of rotatable bonds is 3. The molecule has 0 aromatic heterocycles. The summed E-state index contributed by atoms with van der Waals surface area (Å²) in [6.45, 7) is 0. The van der Waals surface area contributed by atoms with E-state index in [2.05, 4.69) is 0 Å². The summed E-state index contributed by atoms with van der Waals surface area (Å²) < 4.78 is 0. The number of nitro groups is 1. The van der Waals surface area contributed by atoms with Gasteiger partial charge in [-0.15, -0.1) is 0 Å². The van der Waals surface area contributed by atoms with Crippen LogP contribution in [-0.4, -0.2) is 27.8 Å². The molecule has 2 bridgehead atoms. The van der Waals surface area contributed by atoms with Crippen molar-refractivity contribution in [3.8, 4) is 0 Å². The van der Waals surface area contributed by atoms with Gasteiger partial charge in [-0.25, -0.2) is 9.69 Å². The molecule has 33 heavy (non-hydrogen) atoms. The van der Waals surface area contributed by atoms with Crippen molar-refractivity contribution in [2.45, 2.75) is 11.5 Å². The Morgan fingerprint density at radius 3 is 2.09 bits per heavy atom. The molecule has 1 heterocycles. The first-order valence-electron chi connectivity index (χ1n) is 10.2. The minimum Gasteiger partial charge on any atom is -0.478 e. The topological polar surface area (TPSA) is 118 Å². The number of amides is 2. The van der Waals surface area contributed by atoms with Crippen molar-refractivity contribution >= 4 is 23.5 Å². The molecule has 160 valence electrons. The van der Waals surface area contributed by atoms with Crippen LogP contribution in [0.1, 0.15) is 38.5 Å². The summed E-state index contributed by atoms with van der Waals surface area (Å²) in [5.41, 5.74) is -0.164. The van der Waals surface area contributed by atoms with E-state index in [1.54, 1.807) is 48.5 Å². The van der Waals surface area contributed by atoms with E-state index in [0.29, 0.717) is 22.3 Å². The molecule has 8 nitrogen and oxygen atoms in total. The predicted octanol–water partition coefficient (Wildman–Crippen LogP) is 3.23. The zero-order valence-electron chi connectivity index (χ0n) is 16.9. The SMILES string of the molecule is O=C(O)c1cccc(N2C(=O)C3=C(C2=O)C2([N+](=O)[O-])c4ccccc4C3c3ccccc32)c1. The van der Waals surface area contributed by atoms with Crippen molar-refractivity contribution in [2.75, 3.05) is 4.90 Å². The molecule has 3 aromatic carbocycles. The van der Waals surface area contributed by atoms with Crippen LogP contribution in [0.5, 0.6) is 0 Å². The standard InChI is InChI=1S/C25H14N2O6/c28-22-20-19-15-8-1-3-10-17(15)25(27(32)33,18-11-4-2-9-16(18)19)21(20)23(29)26(22)14-7-5-6-13(12-14)24(30)31/h1-12,19H,(H,30,31). The maximum atomic E-state index is 13.7. The van der Waals surface area contributed by atoms with Gasteiger partial charge in [0, 0.05) is 27.5 Å². The van der Waals surface area contributed by atoms with Crippen molar-refractivity contribution in [3.05, 3.63) is 122 Å². The van der Waals surface area contributed by atoms with Gasteiger partial charge in [0.1, 0.15) is 5.57 Å². The Balaban J connectivity index is 1.66. The number of carbonyl (C=O) groups is 3. The zero-order valence-corrected chi connectivity index (χ0v) is 16.9. The fourth-order valence-corrected chi connectivity index (χ4v) is 5.51. The van der Waals surface area contributed by atoms with Gasteiger partial charge in [0.05, 0.1) is 11.3 Å².